The Hall–Kier alpha value is -2.68. The van der Waals surface area contributed by atoms with Crippen LogP contribution in [0.3, 0.4) is 0 Å². The first-order valence-electron chi connectivity index (χ1n) is 7.81. The zero-order valence-corrected chi connectivity index (χ0v) is 16.3. The summed E-state index contributed by atoms with van der Waals surface area (Å²) in [4.78, 5) is 28.4. The summed E-state index contributed by atoms with van der Waals surface area (Å²) in [6.07, 6.45) is 0. The molecule has 0 fully saturated rings. The number of hydrogen-bond donors (Lipinski definition) is 2. The first kappa shape index (κ1) is 17.7. The van der Waals surface area contributed by atoms with E-state index in [2.05, 4.69) is 10.3 Å². The number of ether oxygens (including phenoxy) is 1. The molecule has 4 aromatic rings. The number of rotatable bonds is 3. The van der Waals surface area contributed by atoms with Crippen molar-refractivity contribution < 1.29 is 9.53 Å². The van der Waals surface area contributed by atoms with Gasteiger partial charge in [0.25, 0.3) is 11.5 Å². The number of aromatic amines is 1. The van der Waals surface area contributed by atoms with Gasteiger partial charge in [-0.1, -0.05) is 35.1 Å². The number of para-hydroxylation sites is 1. The lowest BCUT2D eigenvalue weighted by molar-refractivity contribution is 0.103. The fourth-order valence-electron chi connectivity index (χ4n) is 2.85. The van der Waals surface area contributed by atoms with E-state index in [4.69, 9.17) is 28.6 Å². The quantitative estimate of drug-likeness (QED) is 0.482. The summed E-state index contributed by atoms with van der Waals surface area (Å²) >= 11 is 12.6. The van der Waals surface area contributed by atoms with Crippen molar-refractivity contribution >= 4 is 63.3 Å². The molecule has 0 atom stereocenters. The van der Waals surface area contributed by atoms with Gasteiger partial charge in [0, 0.05) is 5.02 Å². The van der Waals surface area contributed by atoms with Crippen molar-refractivity contribution in [3.05, 3.63) is 66.7 Å². The zero-order valence-electron chi connectivity index (χ0n) is 13.9. The summed E-state index contributed by atoms with van der Waals surface area (Å²) in [5.41, 5.74) is 1.15. The molecule has 2 heterocycles. The van der Waals surface area contributed by atoms with Crippen LogP contribution in [-0.2, 0) is 0 Å². The lowest BCUT2D eigenvalue weighted by atomic mass is 10.2. The minimum Gasteiger partial charge on any atom is -0.495 e. The van der Waals surface area contributed by atoms with E-state index in [1.807, 2.05) is 6.07 Å². The molecular formula is C18H12ClN3O3S2. The van der Waals surface area contributed by atoms with Crippen LogP contribution in [0.2, 0.25) is 5.02 Å². The molecule has 136 valence electrons. The van der Waals surface area contributed by atoms with Gasteiger partial charge in [0.1, 0.15) is 16.3 Å². The molecule has 0 aliphatic heterocycles. The number of benzene rings is 2. The molecule has 0 aliphatic rings. The van der Waals surface area contributed by atoms with Crippen molar-refractivity contribution in [2.24, 2.45) is 0 Å². The molecule has 0 unspecified atom stereocenters. The zero-order chi connectivity index (χ0) is 19.1. The number of aromatic nitrogens is 2. The number of nitrogens with one attached hydrogen (secondary N) is 2. The molecule has 2 aromatic heterocycles. The standard InChI is InChI=1S/C18H12ClN3O3S2/c1-25-13-7-6-9(19)8-11(13)20-17(24)14-15-21-16(23)10-4-2-3-5-12(10)22(15)18(26)27-14/h2-8H,1H3,(H,20,24)(H,21,23). The number of amides is 1. The maximum absolute atomic E-state index is 12.9. The normalized spacial score (nSPS) is 11.0. The van der Waals surface area contributed by atoms with E-state index < -0.39 is 5.91 Å². The molecule has 2 N–H and O–H groups in total. The summed E-state index contributed by atoms with van der Waals surface area (Å²) < 4.78 is 7.41. The number of thiazole rings is 1. The lowest BCUT2D eigenvalue weighted by Gasteiger charge is -2.10. The lowest BCUT2D eigenvalue weighted by Crippen LogP contribution is -2.15. The molecule has 0 saturated carbocycles. The molecule has 9 heteroatoms. The first-order chi connectivity index (χ1) is 13.0. The van der Waals surface area contributed by atoms with E-state index in [1.165, 1.54) is 7.11 Å². The van der Waals surface area contributed by atoms with Crippen LogP contribution in [0, 0.1) is 3.95 Å². The number of anilines is 1. The van der Waals surface area contributed by atoms with E-state index in [-0.39, 0.29) is 5.56 Å². The van der Waals surface area contributed by atoms with Gasteiger partial charge in [-0.25, -0.2) is 0 Å². The van der Waals surface area contributed by atoms with Crippen molar-refractivity contribution in [3.8, 4) is 5.75 Å². The largest absolute Gasteiger partial charge is 0.495 e. The monoisotopic (exact) mass is 417 g/mol. The summed E-state index contributed by atoms with van der Waals surface area (Å²) in [6, 6.07) is 12.0. The van der Waals surface area contributed by atoms with Crippen LogP contribution in [0.25, 0.3) is 16.6 Å². The van der Waals surface area contributed by atoms with Crippen LogP contribution < -0.4 is 15.6 Å². The van der Waals surface area contributed by atoms with Crippen LogP contribution in [-0.4, -0.2) is 22.4 Å². The van der Waals surface area contributed by atoms with Gasteiger partial charge in [-0.2, -0.15) is 0 Å². The van der Waals surface area contributed by atoms with Gasteiger partial charge in [-0.15, -0.1) is 0 Å². The van der Waals surface area contributed by atoms with Crippen molar-refractivity contribution in [3.63, 3.8) is 0 Å². The molecule has 0 saturated heterocycles. The number of carbonyl (C=O) groups excluding carboxylic acids is 1. The maximum atomic E-state index is 12.9. The van der Waals surface area contributed by atoms with Gasteiger partial charge in [0.2, 0.25) is 0 Å². The second kappa shape index (κ2) is 6.80. The predicted molar refractivity (Wildman–Crippen MR) is 110 cm³/mol. The Morgan fingerprint density at radius 3 is 2.85 bits per heavy atom. The van der Waals surface area contributed by atoms with Crippen molar-refractivity contribution in [1.29, 1.82) is 0 Å². The van der Waals surface area contributed by atoms with Crippen LogP contribution in [0.4, 0.5) is 5.69 Å². The van der Waals surface area contributed by atoms with E-state index >= 15 is 0 Å². The highest BCUT2D eigenvalue weighted by molar-refractivity contribution is 7.73. The topological polar surface area (TPSA) is 75.6 Å². The fourth-order valence-corrected chi connectivity index (χ4v) is 4.30. The van der Waals surface area contributed by atoms with Gasteiger partial charge >= 0.3 is 0 Å². The van der Waals surface area contributed by atoms with Gasteiger partial charge in [0.05, 0.1) is 23.7 Å². The molecule has 2 aromatic carbocycles. The Kier molecular flexibility index (Phi) is 4.47. The van der Waals surface area contributed by atoms with E-state index in [0.717, 1.165) is 11.3 Å². The maximum Gasteiger partial charge on any atom is 0.269 e. The summed E-state index contributed by atoms with van der Waals surface area (Å²) in [7, 11) is 1.50. The van der Waals surface area contributed by atoms with Gasteiger partial charge in [0.15, 0.2) is 3.95 Å². The smallest absolute Gasteiger partial charge is 0.269 e. The summed E-state index contributed by atoms with van der Waals surface area (Å²) in [5.74, 6) is 0.0545. The van der Waals surface area contributed by atoms with Crippen molar-refractivity contribution in [1.82, 2.24) is 9.38 Å². The Balaban J connectivity index is 1.88. The minimum atomic E-state index is -0.417. The highest BCUT2D eigenvalue weighted by Crippen LogP contribution is 2.29. The summed E-state index contributed by atoms with van der Waals surface area (Å²) in [5, 5.41) is 3.73. The Labute approximate surface area is 167 Å². The van der Waals surface area contributed by atoms with Crippen LogP contribution in [0.1, 0.15) is 9.67 Å². The second-order valence-corrected chi connectivity index (χ2v) is 7.73. The average Bonchev–Trinajstić information content (AvgIpc) is 2.99. The van der Waals surface area contributed by atoms with E-state index in [1.54, 1.807) is 40.8 Å². The number of hydrogen-bond acceptors (Lipinski definition) is 5. The fraction of sp³-hybridized carbons (Fsp3) is 0.0556. The third-order valence-corrected chi connectivity index (χ3v) is 5.66. The molecule has 0 spiro atoms. The second-order valence-electron chi connectivity index (χ2n) is 5.65. The average molecular weight is 418 g/mol. The third kappa shape index (κ3) is 3.01. The highest BCUT2D eigenvalue weighted by atomic mass is 35.5. The number of nitrogens with zero attached hydrogens (tertiary/aromatic N) is 1. The van der Waals surface area contributed by atoms with Gasteiger partial charge in [-0.05, 0) is 42.5 Å². The van der Waals surface area contributed by atoms with Crippen molar-refractivity contribution in [2.45, 2.75) is 0 Å². The number of methoxy groups -OCH3 is 1. The van der Waals surface area contributed by atoms with Crippen LogP contribution in [0.5, 0.6) is 5.75 Å². The number of fused-ring (bicyclic) bond motifs is 3. The minimum absolute atomic E-state index is 0.284. The Bertz CT molecular complexity index is 1320. The highest BCUT2D eigenvalue weighted by Gasteiger charge is 2.19. The molecular weight excluding hydrogens is 406 g/mol. The van der Waals surface area contributed by atoms with Crippen LogP contribution >= 0.6 is 35.2 Å². The Morgan fingerprint density at radius 1 is 1.30 bits per heavy atom. The van der Waals surface area contributed by atoms with Gasteiger partial charge in [-0.3, -0.25) is 14.0 Å². The summed E-state index contributed by atoms with van der Waals surface area (Å²) in [6.45, 7) is 0. The molecule has 0 bridgehead atoms. The SMILES string of the molecule is COc1ccc(Cl)cc1NC(=O)c1sc(=S)n2c1[nH]c(=O)c1ccccc12. The van der Waals surface area contributed by atoms with Crippen LogP contribution in [0.15, 0.2) is 47.3 Å². The van der Waals surface area contributed by atoms with E-state index in [9.17, 15) is 9.59 Å². The first-order valence-corrected chi connectivity index (χ1v) is 9.41. The molecule has 4 rings (SSSR count). The molecule has 1 amide bonds. The molecule has 0 radical (unpaired) electrons. The van der Waals surface area contributed by atoms with E-state index in [0.29, 0.717) is 41.8 Å². The third-order valence-electron chi connectivity index (χ3n) is 4.05. The predicted octanol–water partition coefficient (Wildman–Crippen LogP) is 4.49. The van der Waals surface area contributed by atoms with Crippen molar-refractivity contribution in [2.75, 3.05) is 12.4 Å². The molecule has 0 aliphatic carbocycles. The van der Waals surface area contributed by atoms with Gasteiger partial charge < -0.3 is 15.0 Å². The molecule has 6 nitrogen and oxygen atoms in total. The number of halogens is 1. The molecule has 27 heavy (non-hydrogen) atoms. The Morgan fingerprint density at radius 2 is 2.07 bits per heavy atom. The number of carbonyl (C=O) groups is 1. The number of H-pyrrole nitrogens is 1.